The van der Waals surface area contributed by atoms with Crippen molar-refractivity contribution in [3.05, 3.63) is 42.2 Å². The van der Waals surface area contributed by atoms with Crippen molar-refractivity contribution in [1.29, 1.82) is 0 Å². The summed E-state index contributed by atoms with van der Waals surface area (Å²) in [4.78, 5) is 27.0. The first-order valence-corrected chi connectivity index (χ1v) is 6.53. The third-order valence-electron chi connectivity index (χ3n) is 3.15. The van der Waals surface area contributed by atoms with E-state index in [0.29, 0.717) is 18.0 Å². The van der Waals surface area contributed by atoms with Crippen LogP contribution in [-0.4, -0.2) is 55.5 Å². The van der Waals surface area contributed by atoms with E-state index in [2.05, 4.69) is 4.74 Å². The summed E-state index contributed by atoms with van der Waals surface area (Å²) in [6.45, 7) is 0.920. The number of benzene rings is 1. The molecule has 0 aliphatic carbocycles. The number of halogens is 1. The van der Waals surface area contributed by atoms with Gasteiger partial charge in [-0.05, 0) is 12.1 Å². The minimum absolute atomic E-state index is 0. The normalized spacial score (nSPS) is 12.8. The Morgan fingerprint density at radius 1 is 1.14 bits per heavy atom. The summed E-state index contributed by atoms with van der Waals surface area (Å²) in [5.41, 5.74) is 0.606. The van der Waals surface area contributed by atoms with E-state index >= 15 is 0 Å². The molecule has 1 aromatic carbocycles. The zero-order valence-electron chi connectivity index (χ0n) is 12.5. The average molecular weight is 371 g/mol. The van der Waals surface area contributed by atoms with Crippen molar-refractivity contribution in [2.45, 2.75) is 0 Å². The lowest BCUT2D eigenvalue weighted by atomic mass is 10.1. The number of carbonyl (C=O) groups is 2. The summed E-state index contributed by atoms with van der Waals surface area (Å²) < 4.78 is 9.72. The predicted octanol–water partition coefficient (Wildman–Crippen LogP) is 1.68. The van der Waals surface area contributed by atoms with Crippen LogP contribution in [0.5, 0.6) is 5.75 Å². The van der Waals surface area contributed by atoms with Gasteiger partial charge in [-0.2, -0.15) is 0 Å². The van der Waals surface area contributed by atoms with E-state index in [1.807, 2.05) is 4.90 Å². The van der Waals surface area contributed by atoms with Crippen LogP contribution in [-0.2, 0) is 9.53 Å². The van der Waals surface area contributed by atoms with E-state index in [4.69, 9.17) is 4.74 Å². The number of hydrogen-bond donors (Lipinski definition) is 0. The van der Waals surface area contributed by atoms with Crippen molar-refractivity contribution in [3.63, 3.8) is 0 Å². The molecule has 0 saturated heterocycles. The maximum atomic E-state index is 12.2. The van der Waals surface area contributed by atoms with Crippen molar-refractivity contribution >= 4 is 28.7 Å². The van der Waals surface area contributed by atoms with Crippen molar-refractivity contribution in [3.8, 4) is 5.75 Å². The number of carbonyl (C=O) groups excluding carboxylic acids is 2. The lowest BCUT2D eigenvalue weighted by Gasteiger charge is -2.19. The van der Waals surface area contributed by atoms with E-state index in [9.17, 15) is 9.59 Å². The van der Waals surface area contributed by atoms with Crippen LogP contribution in [0.15, 0.2) is 36.7 Å². The van der Waals surface area contributed by atoms with Crippen LogP contribution in [0.25, 0.3) is 0 Å². The second kappa shape index (κ2) is 8.43. The van der Waals surface area contributed by atoms with Crippen molar-refractivity contribution in [2.75, 3.05) is 34.0 Å². The largest absolute Gasteiger partial charge is 0.497 e. The van der Waals surface area contributed by atoms with Gasteiger partial charge in [-0.25, -0.2) is 0 Å². The lowest BCUT2D eigenvalue weighted by Crippen LogP contribution is -2.32. The molecule has 1 heterocycles. The molecule has 0 aromatic heterocycles. The first-order valence-electron chi connectivity index (χ1n) is 6.53. The van der Waals surface area contributed by atoms with Crippen LogP contribution in [0.3, 0.4) is 0 Å². The van der Waals surface area contributed by atoms with Gasteiger partial charge in [-0.15, -0.1) is 17.0 Å². The molecule has 0 atom stereocenters. The quantitative estimate of drug-likeness (QED) is 0.560. The topological polar surface area (TPSA) is 59.1 Å². The van der Waals surface area contributed by atoms with Crippen molar-refractivity contribution in [1.82, 2.24) is 9.80 Å². The number of Topliss-reactive ketones (excluding diaryl/α,β-unsaturated/α-hetero) is 1. The van der Waals surface area contributed by atoms with Gasteiger partial charge in [-0.3, -0.25) is 9.59 Å². The SMILES string of the molecule is Br.COC(=O)CN1C=CN(CC(=O)c2cccc(OC)c2)C1. The summed E-state index contributed by atoms with van der Waals surface area (Å²) in [5.74, 6) is 0.351. The Kier molecular flexibility index (Phi) is 6.91. The second-order valence-corrected chi connectivity index (χ2v) is 4.66. The van der Waals surface area contributed by atoms with Gasteiger partial charge in [0.1, 0.15) is 12.3 Å². The lowest BCUT2D eigenvalue weighted by molar-refractivity contribution is -0.141. The molecule has 7 heteroatoms. The molecule has 22 heavy (non-hydrogen) atoms. The number of hydrogen-bond acceptors (Lipinski definition) is 6. The van der Waals surface area contributed by atoms with Gasteiger partial charge in [0, 0.05) is 18.0 Å². The van der Waals surface area contributed by atoms with Crippen LogP contribution in [0, 0.1) is 0 Å². The molecule has 0 amide bonds. The molecule has 0 saturated carbocycles. The first-order chi connectivity index (χ1) is 10.1. The molecule has 6 nitrogen and oxygen atoms in total. The first kappa shape index (κ1) is 18.0. The maximum Gasteiger partial charge on any atom is 0.325 e. The summed E-state index contributed by atoms with van der Waals surface area (Å²) in [6, 6.07) is 7.06. The van der Waals surface area contributed by atoms with E-state index in [1.165, 1.54) is 7.11 Å². The van der Waals surface area contributed by atoms with E-state index in [1.54, 1.807) is 48.7 Å². The monoisotopic (exact) mass is 370 g/mol. The fraction of sp³-hybridized carbons (Fsp3) is 0.333. The molecule has 1 aliphatic heterocycles. The smallest absolute Gasteiger partial charge is 0.325 e. The highest BCUT2D eigenvalue weighted by Crippen LogP contribution is 2.14. The Morgan fingerprint density at radius 3 is 2.45 bits per heavy atom. The van der Waals surface area contributed by atoms with Gasteiger partial charge >= 0.3 is 5.97 Å². The van der Waals surface area contributed by atoms with E-state index < -0.39 is 0 Å². The molecule has 120 valence electrons. The molecule has 1 aliphatic rings. The molecular weight excluding hydrogens is 352 g/mol. The van der Waals surface area contributed by atoms with Gasteiger partial charge in [-0.1, -0.05) is 12.1 Å². The van der Waals surface area contributed by atoms with E-state index in [-0.39, 0.29) is 41.8 Å². The van der Waals surface area contributed by atoms with Crippen LogP contribution >= 0.6 is 17.0 Å². The minimum Gasteiger partial charge on any atom is -0.497 e. The van der Waals surface area contributed by atoms with Crippen LogP contribution in [0.4, 0.5) is 0 Å². The minimum atomic E-state index is -0.305. The summed E-state index contributed by atoms with van der Waals surface area (Å²) in [5, 5.41) is 0. The zero-order valence-corrected chi connectivity index (χ0v) is 14.2. The summed E-state index contributed by atoms with van der Waals surface area (Å²) in [7, 11) is 2.92. The predicted molar refractivity (Wildman–Crippen MR) is 87.1 cm³/mol. The highest BCUT2D eigenvalue weighted by atomic mass is 79.9. The Labute approximate surface area is 140 Å². The molecule has 0 bridgehead atoms. The summed E-state index contributed by atoms with van der Waals surface area (Å²) in [6.07, 6.45) is 3.57. The number of ketones is 1. The maximum absolute atomic E-state index is 12.2. The fourth-order valence-corrected chi connectivity index (χ4v) is 2.02. The fourth-order valence-electron chi connectivity index (χ4n) is 2.02. The number of nitrogens with zero attached hydrogens (tertiary/aromatic N) is 2. The Morgan fingerprint density at radius 2 is 1.82 bits per heavy atom. The zero-order chi connectivity index (χ0) is 15.2. The van der Waals surface area contributed by atoms with Crippen LogP contribution < -0.4 is 4.74 Å². The Balaban J connectivity index is 0.00000242. The summed E-state index contributed by atoms with van der Waals surface area (Å²) >= 11 is 0. The number of methoxy groups -OCH3 is 2. The molecular formula is C15H19BrN2O4. The Hall–Kier alpha value is -2.02. The van der Waals surface area contributed by atoms with Crippen LogP contribution in [0.1, 0.15) is 10.4 Å². The molecule has 0 radical (unpaired) electrons. The number of rotatable bonds is 6. The standard InChI is InChI=1S/C15H18N2O4.BrH/c1-20-13-5-3-4-12(8-13)14(18)9-16-6-7-17(11-16)10-15(19)21-2;/h3-8H,9-11H2,1-2H3;1H. The average Bonchev–Trinajstić information content (AvgIpc) is 2.94. The molecule has 0 spiro atoms. The van der Waals surface area contributed by atoms with Gasteiger partial charge < -0.3 is 19.3 Å². The molecule has 0 N–H and O–H groups in total. The molecule has 0 fully saturated rings. The number of esters is 1. The second-order valence-electron chi connectivity index (χ2n) is 4.66. The molecule has 1 aromatic rings. The van der Waals surface area contributed by atoms with Gasteiger partial charge in [0.15, 0.2) is 5.78 Å². The van der Waals surface area contributed by atoms with Crippen molar-refractivity contribution in [2.24, 2.45) is 0 Å². The Bertz CT molecular complexity index is 562. The number of ether oxygens (including phenoxy) is 2. The van der Waals surface area contributed by atoms with Gasteiger partial charge in [0.2, 0.25) is 0 Å². The van der Waals surface area contributed by atoms with Gasteiger partial charge in [0.25, 0.3) is 0 Å². The molecule has 2 rings (SSSR count). The van der Waals surface area contributed by atoms with Gasteiger partial charge in [0.05, 0.1) is 27.4 Å². The highest BCUT2D eigenvalue weighted by molar-refractivity contribution is 8.93. The van der Waals surface area contributed by atoms with Crippen molar-refractivity contribution < 1.29 is 19.1 Å². The van der Waals surface area contributed by atoms with Crippen LogP contribution in [0.2, 0.25) is 0 Å². The third kappa shape index (κ3) is 4.77. The molecule has 0 unspecified atom stereocenters. The highest BCUT2D eigenvalue weighted by Gasteiger charge is 2.18. The third-order valence-corrected chi connectivity index (χ3v) is 3.15. The van der Waals surface area contributed by atoms with E-state index in [0.717, 1.165) is 0 Å².